The van der Waals surface area contributed by atoms with Gasteiger partial charge in [0.15, 0.2) is 0 Å². The van der Waals surface area contributed by atoms with Crippen LogP contribution in [0.3, 0.4) is 0 Å². The molecule has 3 heteroatoms. The third-order valence-electron chi connectivity index (χ3n) is 5.36. The molecule has 4 rings (SSSR count). The Labute approximate surface area is 110 Å². The maximum atomic E-state index is 11.7. The maximum Gasteiger partial charge on any atom is 0.233 e. The average Bonchev–Trinajstić information content (AvgIpc) is 2.32. The van der Waals surface area contributed by atoms with Gasteiger partial charge in [0.2, 0.25) is 5.91 Å². The monoisotopic (exact) mass is 250 g/mol. The zero-order valence-corrected chi connectivity index (χ0v) is 11.5. The molecule has 18 heavy (non-hydrogen) atoms. The summed E-state index contributed by atoms with van der Waals surface area (Å²) in [5.41, 5.74) is 0.469. The third kappa shape index (κ3) is 2.42. The SMILES string of the molecule is CCNCC(=O)NCC12CC3CC(CC(C3)C1)C2. The first-order chi connectivity index (χ1) is 8.69. The molecule has 0 spiro atoms. The molecule has 0 aromatic carbocycles. The maximum absolute atomic E-state index is 11.7. The zero-order valence-electron chi connectivity index (χ0n) is 11.5. The van der Waals surface area contributed by atoms with Gasteiger partial charge in [0.05, 0.1) is 6.54 Å². The van der Waals surface area contributed by atoms with Crippen LogP contribution >= 0.6 is 0 Å². The zero-order chi connectivity index (χ0) is 12.6. The Hall–Kier alpha value is -0.570. The number of hydrogen-bond donors (Lipinski definition) is 2. The van der Waals surface area contributed by atoms with Crippen LogP contribution in [-0.4, -0.2) is 25.5 Å². The lowest BCUT2D eigenvalue weighted by molar-refractivity contribution is -0.122. The van der Waals surface area contributed by atoms with Crippen LogP contribution in [0.15, 0.2) is 0 Å². The summed E-state index contributed by atoms with van der Waals surface area (Å²) in [4.78, 5) is 11.7. The third-order valence-corrected chi connectivity index (χ3v) is 5.36. The molecule has 4 bridgehead atoms. The Morgan fingerprint density at radius 2 is 1.67 bits per heavy atom. The minimum absolute atomic E-state index is 0.174. The number of carbonyl (C=O) groups is 1. The van der Waals surface area contributed by atoms with Crippen molar-refractivity contribution in [2.45, 2.75) is 45.4 Å². The molecule has 1 amide bonds. The fourth-order valence-electron chi connectivity index (χ4n) is 5.09. The summed E-state index contributed by atoms with van der Waals surface area (Å²) >= 11 is 0. The van der Waals surface area contributed by atoms with Gasteiger partial charge in [-0.25, -0.2) is 0 Å². The van der Waals surface area contributed by atoms with Crippen molar-refractivity contribution in [2.24, 2.45) is 23.2 Å². The first-order valence-corrected chi connectivity index (χ1v) is 7.66. The van der Waals surface area contributed by atoms with Crippen LogP contribution in [0.2, 0.25) is 0 Å². The van der Waals surface area contributed by atoms with E-state index in [1.54, 1.807) is 0 Å². The van der Waals surface area contributed by atoms with Crippen molar-refractivity contribution in [1.29, 1.82) is 0 Å². The van der Waals surface area contributed by atoms with Gasteiger partial charge in [-0.2, -0.15) is 0 Å². The summed E-state index contributed by atoms with van der Waals surface area (Å²) in [5, 5.41) is 6.27. The first-order valence-electron chi connectivity index (χ1n) is 7.66. The topological polar surface area (TPSA) is 41.1 Å². The molecular weight excluding hydrogens is 224 g/mol. The standard InChI is InChI=1S/C15H26N2O/c1-2-16-9-14(18)17-10-15-6-11-3-12(7-15)5-13(4-11)8-15/h11-13,16H,2-10H2,1H3,(H,17,18). The second kappa shape index (κ2) is 4.84. The van der Waals surface area contributed by atoms with E-state index in [0.717, 1.165) is 30.8 Å². The summed E-state index contributed by atoms with van der Waals surface area (Å²) in [6.45, 7) is 4.31. The lowest BCUT2D eigenvalue weighted by Crippen LogP contribution is -2.51. The minimum Gasteiger partial charge on any atom is -0.354 e. The highest BCUT2D eigenvalue weighted by atomic mass is 16.1. The number of hydrogen-bond acceptors (Lipinski definition) is 2. The quantitative estimate of drug-likeness (QED) is 0.783. The molecule has 0 saturated heterocycles. The van der Waals surface area contributed by atoms with Crippen molar-refractivity contribution < 1.29 is 4.79 Å². The predicted molar refractivity (Wildman–Crippen MR) is 72.2 cm³/mol. The van der Waals surface area contributed by atoms with Crippen LogP contribution in [0.4, 0.5) is 0 Å². The van der Waals surface area contributed by atoms with Crippen molar-refractivity contribution in [1.82, 2.24) is 10.6 Å². The summed E-state index contributed by atoms with van der Waals surface area (Å²) < 4.78 is 0. The van der Waals surface area contributed by atoms with Gasteiger partial charge in [0, 0.05) is 6.54 Å². The van der Waals surface area contributed by atoms with Crippen LogP contribution in [0.1, 0.15) is 45.4 Å². The Morgan fingerprint density at radius 1 is 1.11 bits per heavy atom. The Balaban J connectivity index is 1.54. The molecule has 4 aliphatic rings. The molecule has 0 aliphatic heterocycles. The molecule has 4 fully saturated rings. The largest absolute Gasteiger partial charge is 0.354 e. The van der Waals surface area contributed by atoms with Gasteiger partial charge < -0.3 is 10.6 Å². The van der Waals surface area contributed by atoms with Crippen LogP contribution in [0.5, 0.6) is 0 Å². The molecule has 0 atom stereocenters. The second-order valence-corrected chi connectivity index (χ2v) is 6.97. The van der Waals surface area contributed by atoms with E-state index in [0.29, 0.717) is 12.0 Å². The molecule has 0 heterocycles. The van der Waals surface area contributed by atoms with Crippen molar-refractivity contribution in [3.05, 3.63) is 0 Å². The van der Waals surface area contributed by atoms with Crippen LogP contribution < -0.4 is 10.6 Å². The van der Waals surface area contributed by atoms with E-state index in [1.165, 1.54) is 38.5 Å². The van der Waals surface area contributed by atoms with Crippen molar-refractivity contribution in [3.63, 3.8) is 0 Å². The number of carbonyl (C=O) groups excluding carboxylic acids is 1. The summed E-state index contributed by atoms with van der Waals surface area (Å²) in [6, 6.07) is 0. The van der Waals surface area contributed by atoms with E-state index in [-0.39, 0.29) is 5.91 Å². The van der Waals surface area contributed by atoms with E-state index in [4.69, 9.17) is 0 Å². The molecule has 3 nitrogen and oxygen atoms in total. The van der Waals surface area contributed by atoms with E-state index in [1.807, 2.05) is 6.92 Å². The minimum atomic E-state index is 0.174. The van der Waals surface area contributed by atoms with Crippen molar-refractivity contribution in [3.8, 4) is 0 Å². The van der Waals surface area contributed by atoms with Crippen molar-refractivity contribution >= 4 is 5.91 Å². The van der Waals surface area contributed by atoms with E-state index >= 15 is 0 Å². The number of amides is 1. The highest BCUT2D eigenvalue weighted by molar-refractivity contribution is 5.78. The lowest BCUT2D eigenvalue weighted by atomic mass is 9.49. The van der Waals surface area contributed by atoms with Gasteiger partial charge in [0.25, 0.3) is 0 Å². The Bertz CT molecular complexity index is 291. The molecular formula is C15H26N2O. The number of likely N-dealkylation sites (N-methyl/N-ethyl adjacent to an activating group) is 1. The normalized spacial score (nSPS) is 41.1. The van der Waals surface area contributed by atoms with Crippen molar-refractivity contribution in [2.75, 3.05) is 19.6 Å². The van der Waals surface area contributed by atoms with E-state index in [9.17, 15) is 4.79 Å². The highest BCUT2D eigenvalue weighted by Gasteiger charge is 2.50. The van der Waals surface area contributed by atoms with Gasteiger partial charge >= 0.3 is 0 Å². The molecule has 0 aromatic heterocycles. The predicted octanol–water partition coefficient (Wildman–Crippen LogP) is 1.93. The summed E-state index contributed by atoms with van der Waals surface area (Å²) in [5.74, 6) is 3.10. The summed E-state index contributed by atoms with van der Waals surface area (Å²) in [6.07, 6.45) is 8.56. The molecule has 102 valence electrons. The highest BCUT2D eigenvalue weighted by Crippen LogP contribution is 2.59. The van der Waals surface area contributed by atoms with E-state index < -0.39 is 0 Å². The first kappa shape index (κ1) is 12.5. The summed E-state index contributed by atoms with van der Waals surface area (Å²) in [7, 11) is 0. The molecule has 2 N–H and O–H groups in total. The smallest absolute Gasteiger partial charge is 0.233 e. The molecule has 4 aliphatic carbocycles. The fourth-order valence-corrected chi connectivity index (χ4v) is 5.09. The molecule has 4 saturated carbocycles. The molecule has 0 aromatic rings. The molecule has 0 radical (unpaired) electrons. The number of nitrogens with one attached hydrogen (secondary N) is 2. The van der Waals surface area contributed by atoms with Gasteiger partial charge in [-0.05, 0) is 68.2 Å². The van der Waals surface area contributed by atoms with Crippen LogP contribution in [-0.2, 0) is 4.79 Å². The van der Waals surface area contributed by atoms with Crippen LogP contribution in [0, 0.1) is 23.2 Å². The number of rotatable bonds is 5. The Kier molecular flexibility index (Phi) is 3.35. The van der Waals surface area contributed by atoms with Gasteiger partial charge in [0.1, 0.15) is 0 Å². The van der Waals surface area contributed by atoms with Gasteiger partial charge in [-0.3, -0.25) is 4.79 Å². The van der Waals surface area contributed by atoms with Gasteiger partial charge in [-0.1, -0.05) is 6.92 Å². The second-order valence-electron chi connectivity index (χ2n) is 6.97. The lowest BCUT2D eigenvalue weighted by Gasteiger charge is -2.56. The van der Waals surface area contributed by atoms with E-state index in [2.05, 4.69) is 10.6 Å². The average molecular weight is 250 g/mol. The fraction of sp³-hybridized carbons (Fsp3) is 0.933. The molecule has 0 unspecified atom stereocenters. The van der Waals surface area contributed by atoms with Gasteiger partial charge in [-0.15, -0.1) is 0 Å². The van der Waals surface area contributed by atoms with Crippen LogP contribution in [0.25, 0.3) is 0 Å². The Morgan fingerprint density at radius 3 is 2.17 bits per heavy atom.